The van der Waals surface area contributed by atoms with Gasteiger partial charge in [-0.2, -0.15) is 0 Å². The molecule has 0 spiro atoms. The maximum absolute atomic E-state index is 12.2. The predicted molar refractivity (Wildman–Crippen MR) is 109 cm³/mol. The average Bonchev–Trinajstić information content (AvgIpc) is 3.17. The number of fused-ring (bicyclic) bond motifs is 4. The number of piperidine rings is 1. The molecule has 1 saturated heterocycles. The Morgan fingerprint density at radius 3 is 2.83 bits per heavy atom. The van der Waals surface area contributed by atoms with Crippen LogP contribution in [0.15, 0.2) is 63.8 Å². The first-order valence-corrected chi connectivity index (χ1v) is 9.84. The fourth-order valence-electron chi connectivity index (χ4n) is 4.74. The molecule has 0 radical (unpaired) electrons. The minimum atomic E-state index is -0.150. The highest BCUT2D eigenvalue weighted by molar-refractivity contribution is 5.64. The summed E-state index contributed by atoms with van der Waals surface area (Å²) in [5.41, 5.74) is 2.15. The van der Waals surface area contributed by atoms with E-state index in [-0.39, 0.29) is 16.5 Å². The third-order valence-electron chi connectivity index (χ3n) is 5.95. The summed E-state index contributed by atoms with van der Waals surface area (Å²) in [5.74, 6) is 2.37. The summed E-state index contributed by atoms with van der Waals surface area (Å²) in [6, 6.07) is 16.1. The minimum absolute atomic E-state index is 0.100. The number of rotatable bonds is 4. The highest BCUT2D eigenvalue weighted by Crippen LogP contribution is 2.36. The molecule has 5 rings (SSSR count). The zero-order valence-corrected chi connectivity index (χ0v) is 15.9. The molecule has 150 valence electrons. The quantitative estimate of drug-likeness (QED) is 0.685. The maximum Gasteiger partial charge on any atom is 0.250 e. The van der Waals surface area contributed by atoms with E-state index in [2.05, 4.69) is 11.0 Å². The fourth-order valence-corrected chi connectivity index (χ4v) is 4.74. The van der Waals surface area contributed by atoms with E-state index >= 15 is 0 Å². The second-order valence-electron chi connectivity index (χ2n) is 7.98. The van der Waals surface area contributed by atoms with E-state index in [0.717, 1.165) is 43.1 Å². The van der Waals surface area contributed by atoms with Crippen molar-refractivity contribution in [2.75, 3.05) is 18.3 Å². The lowest BCUT2D eigenvalue weighted by molar-refractivity contribution is 0.108. The summed E-state index contributed by atoms with van der Waals surface area (Å²) in [6.07, 6.45) is 1.13. The van der Waals surface area contributed by atoms with Crippen LogP contribution in [0.5, 0.6) is 0 Å². The van der Waals surface area contributed by atoms with Gasteiger partial charge < -0.3 is 19.4 Å². The predicted octanol–water partition coefficient (Wildman–Crippen LogP) is 3.42. The Hall–Kier alpha value is -2.87. The number of anilines is 1. The number of benzene rings is 1. The molecule has 0 unspecified atom stereocenters. The van der Waals surface area contributed by atoms with Crippen molar-refractivity contribution >= 4 is 5.69 Å². The first-order valence-electron chi connectivity index (χ1n) is 9.84. The van der Waals surface area contributed by atoms with Crippen LogP contribution >= 0.6 is 0 Å². The Kier molecular flexibility index (Phi) is 4.50. The lowest BCUT2D eigenvalue weighted by atomic mass is 9.83. The molecule has 7 heteroatoms. The first kappa shape index (κ1) is 18.2. The molecule has 2 aromatic heterocycles. The molecule has 4 heterocycles. The molecular formula is C22H22N3O4-. The van der Waals surface area contributed by atoms with Crippen LogP contribution in [0.2, 0.25) is 0 Å². The largest absolute Gasteiger partial charge is 0.733 e. The van der Waals surface area contributed by atoms with E-state index in [1.54, 1.807) is 18.2 Å². The molecule has 0 aliphatic carbocycles. The van der Waals surface area contributed by atoms with Gasteiger partial charge in [0.15, 0.2) is 0 Å². The van der Waals surface area contributed by atoms with Crippen molar-refractivity contribution in [3.63, 3.8) is 0 Å². The van der Waals surface area contributed by atoms with E-state index in [0.29, 0.717) is 24.1 Å². The summed E-state index contributed by atoms with van der Waals surface area (Å²) in [7, 11) is 0. The molecule has 2 aliphatic heterocycles. The summed E-state index contributed by atoms with van der Waals surface area (Å²) >= 11 is 0. The molecule has 7 nitrogen and oxygen atoms in total. The monoisotopic (exact) mass is 392 g/mol. The number of hydrogen-bond acceptors (Lipinski definition) is 6. The molecule has 1 N–H and O–H groups in total. The summed E-state index contributed by atoms with van der Waals surface area (Å²) in [5, 5.41) is 20.1. The lowest BCUT2D eigenvalue weighted by Gasteiger charge is -2.42. The van der Waals surface area contributed by atoms with Gasteiger partial charge in [0, 0.05) is 42.9 Å². The smallest absolute Gasteiger partial charge is 0.250 e. The number of hydrogen-bond donors (Lipinski definition) is 1. The topological polar surface area (TPSA) is 84.9 Å². The van der Waals surface area contributed by atoms with Crippen LogP contribution in [0.4, 0.5) is 5.69 Å². The fraction of sp³-hybridized carbons (Fsp3) is 0.318. The third-order valence-corrected chi connectivity index (χ3v) is 5.95. The van der Waals surface area contributed by atoms with Crippen LogP contribution in [-0.2, 0) is 13.1 Å². The lowest BCUT2D eigenvalue weighted by Crippen LogP contribution is -2.46. The number of pyridine rings is 1. The van der Waals surface area contributed by atoms with Gasteiger partial charge in [0.2, 0.25) is 0 Å². The van der Waals surface area contributed by atoms with Crippen molar-refractivity contribution in [1.29, 1.82) is 0 Å². The van der Waals surface area contributed by atoms with E-state index in [1.165, 1.54) is 6.07 Å². The molecule has 1 aromatic carbocycles. The Balaban J connectivity index is 1.33. The zero-order valence-electron chi connectivity index (χ0n) is 15.9. The Morgan fingerprint density at radius 2 is 1.97 bits per heavy atom. The van der Waals surface area contributed by atoms with Crippen molar-refractivity contribution in [3.8, 4) is 11.3 Å². The van der Waals surface area contributed by atoms with Crippen LogP contribution in [0.1, 0.15) is 23.8 Å². The second kappa shape index (κ2) is 7.18. The maximum atomic E-state index is 12.2. The molecule has 1 fully saturated rings. The van der Waals surface area contributed by atoms with Crippen molar-refractivity contribution in [2.45, 2.75) is 25.4 Å². The molecule has 0 saturated carbocycles. The Bertz CT molecular complexity index is 1090. The molecular weight excluding hydrogens is 370 g/mol. The van der Waals surface area contributed by atoms with Crippen LogP contribution < -0.4 is 10.8 Å². The summed E-state index contributed by atoms with van der Waals surface area (Å²) < 4.78 is 7.96. The van der Waals surface area contributed by atoms with Crippen molar-refractivity contribution in [1.82, 2.24) is 9.47 Å². The normalized spacial score (nSPS) is 21.0. The molecule has 2 bridgehead atoms. The summed E-state index contributed by atoms with van der Waals surface area (Å²) in [4.78, 5) is 14.6. The molecule has 2 aliphatic rings. The molecule has 0 amide bonds. The second-order valence-corrected chi connectivity index (χ2v) is 7.98. The van der Waals surface area contributed by atoms with Gasteiger partial charge in [0.25, 0.3) is 5.56 Å². The van der Waals surface area contributed by atoms with E-state index in [9.17, 15) is 10.0 Å². The van der Waals surface area contributed by atoms with Gasteiger partial charge in [-0.25, -0.2) is 0 Å². The van der Waals surface area contributed by atoms with Crippen LogP contribution in [0.3, 0.4) is 0 Å². The molecule has 3 aromatic rings. The van der Waals surface area contributed by atoms with Gasteiger partial charge in [-0.05, 0) is 42.7 Å². The number of nitrogens with zero attached hydrogens (tertiary/aromatic N) is 3. The molecule has 29 heavy (non-hydrogen) atoms. The zero-order chi connectivity index (χ0) is 20.0. The first-order chi connectivity index (χ1) is 14.1. The number of aromatic nitrogens is 1. The Labute approximate surface area is 167 Å². The van der Waals surface area contributed by atoms with Gasteiger partial charge in [-0.1, -0.05) is 18.2 Å². The van der Waals surface area contributed by atoms with Crippen LogP contribution in [0, 0.1) is 11.1 Å². The number of likely N-dealkylation sites (tertiary alicyclic amines) is 1. The Morgan fingerprint density at radius 1 is 1.10 bits per heavy atom. The SMILES string of the molecule is O=c1cccc2n1C[C@H]1C[C@@H]2CN(Cc2ccc(-c3cccc(N([O-])O)c3)o2)C1. The average molecular weight is 392 g/mol. The minimum Gasteiger partial charge on any atom is -0.733 e. The van der Waals surface area contributed by atoms with Crippen molar-refractivity contribution in [2.24, 2.45) is 5.92 Å². The van der Waals surface area contributed by atoms with Gasteiger partial charge in [-0.15, -0.1) is 0 Å². The standard InChI is InChI=1S/C22H22N3O4/c26-22-6-2-5-20-17-9-15(12-24(20)22)11-23(13-17)14-19-7-8-21(29-19)16-3-1-4-18(10-16)25(27)28/h1-8,10,15,17,27H,9,11-14H2/q-1/t15-,17+/m0/s1. The van der Waals surface area contributed by atoms with Crippen LogP contribution in [-0.4, -0.2) is 27.8 Å². The van der Waals surface area contributed by atoms with E-state index in [1.807, 2.05) is 28.8 Å². The van der Waals surface area contributed by atoms with Gasteiger partial charge in [0.1, 0.15) is 11.5 Å². The van der Waals surface area contributed by atoms with Crippen molar-refractivity contribution < 1.29 is 9.62 Å². The van der Waals surface area contributed by atoms with Gasteiger partial charge in [0.05, 0.1) is 12.2 Å². The van der Waals surface area contributed by atoms with Gasteiger partial charge in [-0.3, -0.25) is 14.9 Å². The highest BCUT2D eigenvalue weighted by atomic mass is 16.8. The third kappa shape index (κ3) is 3.48. The van der Waals surface area contributed by atoms with E-state index in [4.69, 9.17) is 9.62 Å². The molecule has 2 atom stereocenters. The highest BCUT2D eigenvalue weighted by Gasteiger charge is 2.34. The van der Waals surface area contributed by atoms with Crippen LogP contribution in [0.25, 0.3) is 11.3 Å². The summed E-state index contributed by atoms with van der Waals surface area (Å²) in [6.45, 7) is 3.34. The van der Waals surface area contributed by atoms with Gasteiger partial charge >= 0.3 is 0 Å². The van der Waals surface area contributed by atoms with Crippen molar-refractivity contribution in [3.05, 3.63) is 81.6 Å². The number of furan rings is 1. The van der Waals surface area contributed by atoms with E-state index < -0.39 is 0 Å².